The first kappa shape index (κ1) is 25.7. The average Bonchev–Trinajstić information content (AvgIpc) is 3.76. The number of fused-ring (bicyclic) bond motifs is 4. The number of hydrogen-bond acceptors (Lipinski definition) is 8. The van der Waals surface area contributed by atoms with Crippen LogP contribution in [0.2, 0.25) is 0 Å². The van der Waals surface area contributed by atoms with Crippen LogP contribution in [0.15, 0.2) is 60.0 Å². The normalized spacial score (nSPS) is 25.7. The van der Waals surface area contributed by atoms with Crippen LogP contribution in [0.1, 0.15) is 43.9 Å². The summed E-state index contributed by atoms with van der Waals surface area (Å²) in [4.78, 5) is 32.7. The van der Waals surface area contributed by atoms with Gasteiger partial charge in [0.05, 0.1) is 12.2 Å². The van der Waals surface area contributed by atoms with Gasteiger partial charge in [0, 0.05) is 48.2 Å². The fourth-order valence-corrected chi connectivity index (χ4v) is 7.48. The van der Waals surface area contributed by atoms with Gasteiger partial charge in [-0.1, -0.05) is 12.1 Å². The van der Waals surface area contributed by atoms with E-state index in [4.69, 9.17) is 9.97 Å². The number of aliphatic hydroxyl groups is 1. The van der Waals surface area contributed by atoms with Gasteiger partial charge < -0.3 is 15.3 Å². The number of piperazine rings is 1. The van der Waals surface area contributed by atoms with Gasteiger partial charge in [0.25, 0.3) is 5.56 Å². The van der Waals surface area contributed by atoms with Gasteiger partial charge in [0.15, 0.2) is 11.5 Å². The van der Waals surface area contributed by atoms with Crippen molar-refractivity contribution in [1.29, 1.82) is 0 Å². The van der Waals surface area contributed by atoms with E-state index in [0.717, 1.165) is 50.0 Å². The summed E-state index contributed by atoms with van der Waals surface area (Å²) in [5.74, 6) is 0.933. The Morgan fingerprint density at radius 1 is 1.10 bits per heavy atom. The molecule has 3 aliphatic heterocycles. The van der Waals surface area contributed by atoms with Crippen molar-refractivity contribution in [2.75, 3.05) is 30.4 Å². The predicted octanol–water partition coefficient (Wildman–Crippen LogP) is 3.73. The van der Waals surface area contributed by atoms with Gasteiger partial charge in [-0.25, -0.2) is 19.3 Å². The van der Waals surface area contributed by atoms with Crippen LogP contribution in [-0.2, 0) is 18.6 Å². The largest absolute Gasteiger partial charge is 0.383 e. The molecule has 1 saturated carbocycles. The number of anilines is 3. The smallest absolute Gasteiger partial charge is 0.278 e. The molecule has 2 N–H and O–H groups in total. The number of allylic oxidation sites excluding steroid dienone is 1. The van der Waals surface area contributed by atoms with Crippen LogP contribution in [0.25, 0.3) is 16.9 Å². The number of aryl methyl sites for hydroxylation is 1. The second kappa shape index (κ2) is 8.99. The van der Waals surface area contributed by atoms with Gasteiger partial charge in [-0.2, -0.15) is 4.98 Å². The van der Waals surface area contributed by atoms with E-state index < -0.39 is 5.60 Å². The fraction of sp³-hybridized carbons (Fsp3) is 0.438. The molecule has 2 bridgehead atoms. The zero-order chi connectivity index (χ0) is 28.8. The average molecular weight is 565 g/mol. The lowest BCUT2D eigenvalue weighted by atomic mass is 9.72. The Morgan fingerprint density at radius 3 is 2.55 bits per heavy atom. The Balaban J connectivity index is 1.14. The van der Waals surface area contributed by atoms with Crippen molar-refractivity contribution in [3.8, 4) is 5.82 Å². The third kappa shape index (κ3) is 3.71. The van der Waals surface area contributed by atoms with Crippen molar-refractivity contribution >= 4 is 28.4 Å². The Morgan fingerprint density at radius 2 is 1.86 bits per heavy atom. The monoisotopic (exact) mass is 564 g/mol. The summed E-state index contributed by atoms with van der Waals surface area (Å²) in [5, 5.41) is 15.3. The highest BCUT2D eigenvalue weighted by Crippen LogP contribution is 2.63. The fourth-order valence-electron chi connectivity index (χ4n) is 7.48. The SMILES string of the molecule is C=CCn1c(=O)c2cnc(Nc3ccc(N4CC5CC(C4)N5C)cc3)nc2n1-c1ccc2c(n1)[C@](C)(O)C1(CC2)CC1. The van der Waals surface area contributed by atoms with Gasteiger partial charge in [-0.3, -0.25) is 9.69 Å². The first-order chi connectivity index (χ1) is 20.3. The maximum absolute atomic E-state index is 13.5. The van der Waals surface area contributed by atoms with Crippen molar-refractivity contribution in [3.05, 3.63) is 76.9 Å². The molecule has 4 fully saturated rings. The number of hydrogen-bond donors (Lipinski definition) is 2. The molecule has 0 amide bonds. The molecule has 42 heavy (non-hydrogen) atoms. The summed E-state index contributed by atoms with van der Waals surface area (Å²) in [7, 11) is 2.22. The van der Waals surface area contributed by atoms with Crippen LogP contribution < -0.4 is 15.8 Å². The third-order valence-corrected chi connectivity index (χ3v) is 10.4. The minimum Gasteiger partial charge on any atom is -0.383 e. The van der Waals surface area contributed by atoms with Gasteiger partial charge in [-0.15, -0.1) is 6.58 Å². The van der Waals surface area contributed by atoms with Crippen LogP contribution in [0.5, 0.6) is 0 Å². The number of benzene rings is 1. The molecule has 4 aromatic rings. The standard InChI is InChI=1S/C32H36N8O2/c1-4-15-39-29(41)25-17-33-30(34-21-6-8-22(9-7-21)38-18-23-16-24(19-38)37(23)3)36-28(25)40(39)26-10-5-20-11-12-32(13-14-32)31(2,42)27(20)35-26/h4-10,17,23-24,42H,1,11-16,18-19H2,2-3H3,(H,33,34,36)/t23?,24?,31-/m0/s1. The van der Waals surface area contributed by atoms with Crippen LogP contribution in [-0.4, -0.2) is 66.5 Å². The molecule has 6 heterocycles. The topological polar surface area (TPSA) is 104 Å². The Hall–Kier alpha value is -4.02. The first-order valence-electron chi connectivity index (χ1n) is 14.9. The molecule has 0 radical (unpaired) electrons. The summed E-state index contributed by atoms with van der Waals surface area (Å²) in [6, 6.07) is 13.6. The van der Waals surface area contributed by atoms with Crippen molar-refractivity contribution < 1.29 is 5.11 Å². The molecular formula is C32H36N8O2. The molecule has 2 aliphatic carbocycles. The second-order valence-corrected chi connectivity index (χ2v) is 12.7. The van der Waals surface area contributed by atoms with E-state index in [2.05, 4.69) is 45.9 Å². The lowest BCUT2D eigenvalue weighted by Crippen LogP contribution is -2.67. The van der Waals surface area contributed by atoms with E-state index in [9.17, 15) is 9.90 Å². The molecule has 3 atom stereocenters. The summed E-state index contributed by atoms with van der Waals surface area (Å²) in [6.45, 7) is 8.16. The number of likely N-dealkylation sites (N-methyl/N-ethyl adjacent to an activating group) is 1. The number of pyridine rings is 1. The van der Waals surface area contributed by atoms with Gasteiger partial charge >= 0.3 is 0 Å². The molecule has 10 heteroatoms. The number of piperidine rings is 1. The third-order valence-electron chi connectivity index (χ3n) is 10.4. The predicted molar refractivity (Wildman–Crippen MR) is 163 cm³/mol. The Bertz CT molecular complexity index is 1770. The van der Waals surface area contributed by atoms with Gasteiger partial charge in [0.2, 0.25) is 5.95 Å². The molecule has 5 aliphatic rings. The lowest BCUT2D eigenvalue weighted by Gasteiger charge is -2.55. The molecule has 1 spiro atoms. The van der Waals surface area contributed by atoms with E-state index in [0.29, 0.717) is 40.6 Å². The summed E-state index contributed by atoms with van der Waals surface area (Å²) in [6.07, 6.45) is 8.45. The Kier molecular flexibility index (Phi) is 5.49. The molecule has 216 valence electrons. The van der Waals surface area contributed by atoms with Crippen LogP contribution in [0, 0.1) is 5.41 Å². The molecule has 3 saturated heterocycles. The molecule has 2 unspecified atom stereocenters. The highest BCUT2D eigenvalue weighted by molar-refractivity contribution is 5.77. The van der Waals surface area contributed by atoms with Crippen molar-refractivity contribution in [2.24, 2.45) is 5.41 Å². The molecule has 3 aromatic heterocycles. The first-order valence-corrected chi connectivity index (χ1v) is 14.9. The van der Waals surface area contributed by atoms with Crippen molar-refractivity contribution in [1.82, 2.24) is 29.2 Å². The van der Waals surface area contributed by atoms with E-state index >= 15 is 0 Å². The highest BCUT2D eigenvalue weighted by atomic mass is 16.3. The van der Waals surface area contributed by atoms with Crippen LogP contribution in [0.4, 0.5) is 17.3 Å². The highest BCUT2D eigenvalue weighted by Gasteiger charge is 2.59. The van der Waals surface area contributed by atoms with E-state index in [1.54, 1.807) is 21.6 Å². The second-order valence-electron chi connectivity index (χ2n) is 12.7. The number of nitrogens with zero attached hydrogens (tertiary/aromatic N) is 7. The minimum absolute atomic E-state index is 0.0926. The van der Waals surface area contributed by atoms with Crippen LogP contribution >= 0.6 is 0 Å². The van der Waals surface area contributed by atoms with Crippen molar-refractivity contribution in [3.63, 3.8) is 0 Å². The molecular weight excluding hydrogens is 528 g/mol. The lowest BCUT2D eigenvalue weighted by molar-refractivity contribution is -0.0371. The quantitative estimate of drug-likeness (QED) is 0.342. The molecule has 1 aromatic carbocycles. The van der Waals surface area contributed by atoms with E-state index in [1.165, 1.54) is 12.1 Å². The zero-order valence-corrected chi connectivity index (χ0v) is 24.1. The number of rotatable bonds is 6. The zero-order valence-electron chi connectivity index (χ0n) is 24.1. The Labute approximate surface area is 244 Å². The van der Waals surface area contributed by atoms with Crippen molar-refractivity contribution in [2.45, 2.75) is 63.3 Å². The maximum atomic E-state index is 13.5. The number of nitrogens with one attached hydrogen (secondary N) is 1. The molecule has 10 nitrogen and oxygen atoms in total. The summed E-state index contributed by atoms with van der Waals surface area (Å²) < 4.78 is 3.31. The minimum atomic E-state index is -1.01. The summed E-state index contributed by atoms with van der Waals surface area (Å²) >= 11 is 0. The summed E-state index contributed by atoms with van der Waals surface area (Å²) in [5.41, 5.74) is 2.99. The number of aromatic nitrogens is 5. The maximum Gasteiger partial charge on any atom is 0.278 e. The van der Waals surface area contributed by atoms with E-state index in [1.807, 2.05) is 31.2 Å². The van der Waals surface area contributed by atoms with E-state index in [-0.39, 0.29) is 17.5 Å². The van der Waals surface area contributed by atoms with Crippen LogP contribution in [0.3, 0.4) is 0 Å². The van der Waals surface area contributed by atoms with Gasteiger partial charge in [-0.05, 0) is 82.0 Å². The molecule has 9 rings (SSSR count). The van der Waals surface area contributed by atoms with Gasteiger partial charge in [0.1, 0.15) is 11.0 Å².